The number of nitrogens with zero attached hydrogens (tertiary/aromatic N) is 2. The Bertz CT molecular complexity index is 1040. The number of carbonyl (C=O) groups excluding carboxylic acids is 2. The highest BCUT2D eigenvalue weighted by atomic mass is 19.4. The average Bonchev–Trinajstić information content (AvgIpc) is 3.09. The van der Waals surface area contributed by atoms with E-state index >= 15 is 0 Å². The monoisotopic (exact) mass is 424 g/mol. The number of ether oxygens (including phenoxy) is 1. The number of hydrogen-bond acceptors (Lipinski definition) is 6. The van der Waals surface area contributed by atoms with Gasteiger partial charge in [-0.1, -0.05) is 0 Å². The summed E-state index contributed by atoms with van der Waals surface area (Å²) < 4.78 is 46.1. The lowest BCUT2D eigenvalue weighted by Gasteiger charge is -2.47. The van der Waals surface area contributed by atoms with Crippen LogP contribution in [0, 0.1) is 22.7 Å². The number of alkyl halides is 3. The maximum absolute atomic E-state index is 13.5. The van der Waals surface area contributed by atoms with Crippen LogP contribution in [0.4, 0.5) is 18.9 Å². The maximum atomic E-state index is 13.5. The second kappa shape index (κ2) is 5.60. The molecule has 160 valence electrons. The Kier molecular flexibility index (Phi) is 3.88. The fourth-order valence-electron chi connectivity index (χ4n) is 5.73. The molecule has 4 rings (SSSR count). The number of anilines is 1. The summed E-state index contributed by atoms with van der Waals surface area (Å²) in [6.45, 7) is 3.70. The first-order valence-electron chi connectivity index (χ1n) is 9.23. The summed E-state index contributed by atoms with van der Waals surface area (Å²) >= 11 is 0. The summed E-state index contributed by atoms with van der Waals surface area (Å²) in [5, 5.41) is 29.7. The third-order valence-corrected chi connectivity index (χ3v) is 7.21. The number of hydrogen-bond donors (Lipinski definition) is 2. The van der Waals surface area contributed by atoms with Crippen molar-refractivity contribution in [3.8, 4) is 6.07 Å². The van der Waals surface area contributed by atoms with Crippen molar-refractivity contribution in [1.29, 1.82) is 5.26 Å². The molecule has 5 atom stereocenters. The van der Waals surface area contributed by atoms with Gasteiger partial charge in [-0.25, -0.2) is 4.90 Å². The van der Waals surface area contributed by atoms with E-state index in [2.05, 4.69) is 0 Å². The SMILES string of the molecule is CC12C[C@](O)(CO)C(C)(O1)[C@@]1(C)C(=O)N(c3ccc(C#N)c(C(F)(F)F)c3)C(=O)[C@@H]21. The molecule has 2 unspecified atom stereocenters. The fraction of sp³-hybridized carbons (Fsp3) is 0.550. The average molecular weight is 424 g/mol. The van der Waals surface area contributed by atoms with Gasteiger partial charge in [0.05, 0.1) is 46.4 Å². The lowest BCUT2D eigenvalue weighted by Crippen LogP contribution is -2.65. The van der Waals surface area contributed by atoms with Gasteiger partial charge in [-0.2, -0.15) is 18.4 Å². The van der Waals surface area contributed by atoms with Gasteiger partial charge in [0.1, 0.15) is 11.2 Å². The quantitative estimate of drug-likeness (QED) is 0.700. The zero-order chi connectivity index (χ0) is 22.5. The Balaban J connectivity index is 1.88. The van der Waals surface area contributed by atoms with E-state index in [9.17, 15) is 33.0 Å². The topological polar surface area (TPSA) is 111 Å². The highest BCUT2D eigenvalue weighted by molar-refractivity contribution is 6.25. The van der Waals surface area contributed by atoms with Crippen LogP contribution in [0.3, 0.4) is 0 Å². The number of aliphatic hydroxyl groups excluding tert-OH is 1. The summed E-state index contributed by atoms with van der Waals surface area (Å²) in [6, 6.07) is 4.08. The van der Waals surface area contributed by atoms with Crippen LogP contribution in [0.25, 0.3) is 0 Å². The van der Waals surface area contributed by atoms with Gasteiger partial charge in [0.15, 0.2) is 0 Å². The lowest BCUT2D eigenvalue weighted by molar-refractivity contribution is -0.178. The third-order valence-electron chi connectivity index (χ3n) is 7.21. The first kappa shape index (κ1) is 20.8. The second-order valence-electron chi connectivity index (χ2n) is 8.77. The van der Waals surface area contributed by atoms with Gasteiger partial charge in [0.2, 0.25) is 11.8 Å². The molecular formula is C20H19F3N2O5. The van der Waals surface area contributed by atoms with Crippen LogP contribution in [0.15, 0.2) is 18.2 Å². The Labute approximate surface area is 169 Å². The largest absolute Gasteiger partial charge is 0.417 e. The molecular weight excluding hydrogens is 405 g/mol. The van der Waals surface area contributed by atoms with E-state index < -0.39 is 63.9 Å². The minimum atomic E-state index is -4.86. The van der Waals surface area contributed by atoms with Crippen molar-refractivity contribution in [2.75, 3.05) is 11.5 Å². The predicted molar refractivity (Wildman–Crippen MR) is 94.8 cm³/mol. The number of benzene rings is 1. The Morgan fingerprint density at radius 2 is 1.93 bits per heavy atom. The van der Waals surface area contributed by atoms with Crippen molar-refractivity contribution in [3.63, 3.8) is 0 Å². The Morgan fingerprint density at radius 1 is 1.30 bits per heavy atom. The van der Waals surface area contributed by atoms with Crippen LogP contribution in [0.1, 0.15) is 38.3 Å². The first-order valence-corrected chi connectivity index (χ1v) is 9.23. The molecule has 1 aromatic rings. The standard InChI is InChI=1S/C20H19F3N2O5/c1-16-8-19(29,9-26)18(3,30-16)17(2)13(16)14(27)25(15(17)28)11-5-4-10(7-24)12(6-11)20(21,22)23/h4-6,13,26,29H,8-9H2,1-3H3/t13-,16?,17+,18?,19-/m0/s1. The molecule has 2 N–H and O–H groups in total. The molecule has 0 saturated carbocycles. The summed E-state index contributed by atoms with van der Waals surface area (Å²) in [5.41, 5.74) is -8.54. The van der Waals surface area contributed by atoms with Gasteiger partial charge in [-0.3, -0.25) is 9.59 Å². The summed E-state index contributed by atoms with van der Waals surface area (Å²) in [6.07, 6.45) is -4.97. The molecule has 30 heavy (non-hydrogen) atoms. The van der Waals surface area contributed by atoms with E-state index in [1.807, 2.05) is 0 Å². The van der Waals surface area contributed by atoms with Crippen LogP contribution in [-0.2, 0) is 20.5 Å². The zero-order valence-corrected chi connectivity index (χ0v) is 16.4. The molecule has 3 saturated heterocycles. The molecule has 0 spiro atoms. The number of rotatable bonds is 2. The molecule has 3 heterocycles. The minimum Gasteiger partial charge on any atom is -0.393 e. The third kappa shape index (κ3) is 2.10. The molecule has 3 aliphatic heterocycles. The zero-order valence-electron chi connectivity index (χ0n) is 16.4. The Hall–Kier alpha value is -2.48. The van der Waals surface area contributed by atoms with E-state index in [1.165, 1.54) is 19.9 Å². The van der Waals surface area contributed by atoms with E-state index in [-0.39, 0.29) is 12.1 Å². The normalized spacial score (nSPS) is 40.1. The number of halogens is 3. The van der Waals surface area contributed by atoms with E-state index in [0.29, 0.717) is 11.0 Å². The number of fused-ring (bicyclic) bond motifs is 5. The van der Waals surface area contributed by atoms with Crippen LogP contribution >= 0.6 is 0 Å². The number of nitriles is 1. The van der Waals surface area contributed by atoms with Gasteiger partial charge in [-0.15, -0.1) is 0 Å². The summed E-state index contributed by atoms with van der Waals surface area (Å²) in [5.74, 6) is -2.63. The minimum absolute atomic E-state index is 0.110. The van der Waals surface area contributed by atoms with Gasteiger partial charge >= 0.3 is 6.18 Å². The molecule has 0 aliphatic carbocycles. The molecule has 1 aromatic carbocycles. The van der Waals surface area contributed by atoms with Gasteiger partial charge in [-0.05, 0) is 39.0 Å². The van der Waals surface area contributed by atoms with Crippen molar-refractivity contribution < 1.29 is 37.7 Å². The summed E-state index contributed by atoms with van der Waals surface area (Å²) in [4.78, 5) is 27.4. The number of amides is 2. The van der Waals surface area contributed by atoms with Gasteiger partial charge in [0.25, 0.3) is 0 Å². The van der Waals surface area contributed by atoms with Gasteiger partial charge < -0.3 is 14.9 Å². The smallest absolute Gasteiger partial charge is 0.393 e. The molecule has 0 aromatic heterocycles. The predicted octanol–water partition coefficient (Wildman–Crippen LogP) is 1.75. The van der Waals surface area contributed by atoms with Crippen molar-refractivity contribution in [1.82, 2.24) is 0 Å². The molecule has 7 nitrogen and oxygen atoms in total. The van der Waals surface area contributed by atoms with Crippen molar-refractivity contribution in [2.45, 2.75) is 50.2 Å². The van der Waals surface area contributed by atoms with Crippen LogP contribution < -0.4 is 4.90 Å². The second-order valence-corrected chi connectivity index (χ2v) is 8.77. The van der Waals surface area contributed by atoms with Crippen molar-refractivity contribution in [3.05, 3.63) is 29.3 Å². The Morgan fingerprint density at radius 3 is 2.47 bits per heavy atom. The van der Waals surface area contributed by atoms with E-state index in [4.69, 9.17) is 10.00 Å². The molecule has 0 radical (unpaired) electrons. The highest BCUT2D eigenvalue weighted by Crippen LogP contribution is 2.70. The first-order chi connectivity index (χ1) is 13.7. The number of carbonyl (C=O) groups is 2. The van der Waals surface area contributed by atoms with Crippen LogP contribution in [0.5, 0.6) is 0 Å². The lowest BCUT2D eigenvalue weighted by atomic mass is 9.54. The molecule has 2 bridgehead atoms. The molecule has 3 aliphatic rings. The van der Waals surface area contributed by atoms with Gasteiger partial charge in [0, 0.05) is 6.42 Å². The summed E-state index contributed by atoms with van der Waals surface area (Å²) in [7, 11) is 0. The van der Waals surface area contributed by atoms with Crippen LogP contribution in [0.2, 0.25) is 0 Å². The molecule has 10 heteroatoms. The highest BCUT2D eigenvalue weighted by Gasteiger charge is 2.85. The molecule has 3 fully saturated rings. The van der Waals surface area contributed by atoms with Crippen LogP contribution in [-0.4, -0.2) is 45.4 Å². The fourth-order valence-corrected chi connectivity index (χ4v) is 5.73. The van der Waals surface area contributed by atoms with E-state index in [1.54, 1.807) is 6.92 Å². The number of aliphatic hydroxyl groups is 2. The van der Waals surface area contributed by atoms with E-state index in [0.717, 1.165) is 12.1 Å². The maximum Gasteiger partial charge on any atom is 0.417 e. The van der Waals surface area contributed by atoms with Crippen molar-refractivity contribution >= 4 is 17.5 Å². The number of imide groups is 1. The molecule has 2 amide bonds. The van der Waals surface area contributed by atoms with Crippen molar-refractivity contribution in [2.24, 2.45) is 11.3 Å².